The van der Waals surface area contributed by atoms with E-state index in [1.54, 1.807) is 4.90 Å². The number of carbonyl (C=O) groups excluding carboxylic acids is 2. The molecule has 1 aliphatic carbocycles. The van der Waals surface area contributed by atoms with Gasteiger partial charge in [0.25, 0.3) is 0 Å². The molecule has 5 nitrogen and oxygen atoms in total. The predicted octanol–water partition coefficient (Wildman–Crippen LogP) is 1.02. The van der Waals surface area contributed by atoms with Crippen LogP contribution in [0.4, 0.5) is 0 Å². The zero-order valence-corrected chi connectivity index (χ0v) is 12.7. The van der Waals surface area contributed by atoms with Gasteiger partial charge in [-0.3, -0.25) is 9.59 Å². The molecule has 5 heteroatoms. The van der Waals surface area contributed by atoms with Gasteiger partial charge < -0.3 is 16.0 Å². The molecule has 114 valence electrons. The molecule has 1 aliphatic heterocycles. The Morgan fingerprint density at radius 1 is 1.25 bits per heavy atom. The van der Waals surface area contributed by atoms with Crippen LogP contribution in [0.15, 0.2) is 0 Å². The Labute approximate surface area is 121 Å². The van der Waals surface area contributed by atoms with Gasteiger partial charge in [-0.05, 0) is 38.5 Å². The van der Waals surface area contributed by atoms with Crippen molar-refractivity contribution in [1.29, 1.82) is 0 Å². The number of rotatable bonds is 6. The Bertz CT molecular complexity index is 367. The molecule has 0 spiro atoms. The largest absolute Gasteiger partial charge is 0.352 e. The number of hydrogen-bond acceptors (Lipinski definition) is 3. The fourth-order valence-corrected chi connectivity index (χ4v) is 3.04. The fourth-order valence-electron chi connectivity index (χ4n) is 3.04. The van der Waals surface area contributed by atoms with Crippen LogP contribution in [-0.2, 0) is 9.59 Å². The molecule has 20 heavy (non-hydrogen) atoms. The normalized spacial score (nSPS) is 22.9. The second kappa shape index (κ2) is 6.12. The molecule has 0 aromatic carbocycles. The number of amides is 2. The van der Waals surface area contributed by atoms with Crippen molar-refractivity contribution in [2.75, 3.05) is 13.1 Å². The van der Waals surface area contributed by atoms with Gasteiger partial charge in [-0.15, -0.1) is 0 Å². The lowest BCUT2D eigenvalue weighted by atomic mass is 9.80. The third kappa shape index (κ3) is 2.82. The Balaban J connectivity index is 2.08. The molecule has 0 bridgehead atoms. The summed E-state index contributed by atoms with van der Waals surface area (Å²) < 4.78 is 0. The summed E-state index contributed by atoms with van der Waals surface area (Å²) in [6.07, 6.45) is 5.28. The lowest BCUT2D eigenvalue weighted by Crippen LogP contribution is -2.53. The van der Waals surface area contributed by atoms with Crippen LogP contribution in [0, 0.1) is 5.41 Å². The van der Waals surface area contributed by atoms with Crippen molar-refractivity contribution in [2.24, 2.45) is 11.1 Å². The lowest BCUT2D eigenvalue weighted by molar-refractivity contribution is -0.147. The number of nitrogens with zero attached hydrogens (tertiary/aromatic N) is 1. The summed E-state index contributed by atoms with van der Waals surface area (Å²) in [5.41, 5.74) is 5.36. The molecule has 2 rings (SSSR count). The average molecular weight is 281 g/mol. The van der Waals surface area contributed by atoms with Gasteiger partial charge in [0.15, 0.2) is 0 Å². The monoisotopic (exact) mass is 281 g/mol. The molecular formula is C15H27N3O2. The van der Waals surface area contributed by atoms with E-state index in [-0.39, 0.29) is 17.9 Å². The van der Waals surface area contributed by atoms with Crippen LogP contribution in [0.3, 0.4) is 0 Å². The predicted molar refractivity (Wildman–Crippen MR) is 78.0 cm³/mol. The summed E-state index contributed by atoms with van der Waals surface area (Å²) in [4.78, 5) is 26.9. The molecule has 1 unspecified atom stereocenters. The molecule has 0 aromatic heterocycles. The first kappa shape index (κ1) is 15.3. The standard InChI is InChI=1S/C15H27N3O2/c1-3-15(4-2,10-16)14(20)18-9-5-6-12(18)13(19)17-11-7-8-11/h11-12H,3-10,16H2,1-2H3,(H,17,19). The van der Waals surface area contributed by atoms with E-state index in [2.05, 4.69) is 5.32 Å². The van der Waals surface area contributed by atoms with Crippen molar-refractivity contribution < 1.29 is 9.59 Å². The zero-order valence-electron chi connectivity index (χ0n) is 12.7. The number of hydrogen-bond donors (Lipinski definition) is 2. The van der Waals surface area contributed by atoms with Crippen LogP contribution in [0.25, 0.3) is 0 Å². The number of nitrogens with one attached hydrogen (secondary N) is 1. The van der Waals surface area contributed by atoms with E-state index in [1.165, 1.54) is 0 Å². The van der Waals surface area contributed by atoms with Gasteiger partial charge in [0.2, 0.25) is 11.8 Å². The molecule has 3 N–H and O–H groups in total. The van der Waals surface area contributed by atoms with Crippen LogP contribution in [0.1, 0.15) is 52.4 Å². The minimum atomic E-state index is -0.498. The second-order valence-corrected chi connectivity index (χ2v) is 6.13. The third-order valence-electron chi connectivity index (χ3n) is 4.94. The number of nitrogens with two attached hydrogens (primary N) is 1. The molecule has 1 saturated carbocycles. The van der Waals surface area contributed by atoms with E-state index in [0.29, 0.717) is 19.1 Å². The molecule has 0 radical (unpaired) electrons. The summed E-state index contributed by atoms with van der Waals surface area (Å²) in [7, 11) is 0. The summed E-state index contributed by atoms with van der Waals surface area (Å²) in [5.74, 6) is 0.0925. The van der Waals surface area contributed by atoms with Gasteiger partial charge >= 0.3 is 0 Å². The Morgan fingerprint density at radius 3 is 2.40 bits per heavy atom. The molecule has 1 heterocycles. The Kier molecular flexibility index (Phi) is 4.68. The molecule has 1 saturated heterocycles. The van der Waals surface area contributed by atoms with Gasteiger partial charge in [-0.1, -0.05) is 13.8 Å². The van der Waals surface area contributed by atoms with E-state index in [1.807, 2.05) is 13.8 Å². The molecule has 2 aliphatic rings. The summed E-state index contributed by atoms with van der Waals surface area (Å²) >= 11 is 0. The molecule has 0 aromatic rings. The SMILES string of the molecule is CCC(CC)(CN)C(=O)N1CCCC1C(=O)NC1CC1. The number of carbonyl (C=O) groups is 2. The first-order valence-electron chi connectivity index (χ1n) is 7.89. The highest BCUT2D eigenvalue weighted by Crippen LogP contribution is 2.32. The third-order valence-corrected chi connectivity index (χ3v) is 4.94. The van der Waals surface area contributed by atoms with E-state index in [9.17, 15) is 9.59 Å². The zero-order chi connectivity index (χ0) is 14.8. The van der Waals surface area contributed by atoms with Gasteiger partial charge in [0.1, 0.15) is 6.04 Å². The van der Waals surface area contributed by atoms with Crippen molar-refractivity contribution in [3.8, 4) is 0 Å². The highest BCUT2D eigenvalue weighted by Gasteiger charge is 2.43. The highest BCUT2D eigenvalue weighted by molar-refractivity contribution is 5.91. The highest BCUT2D eigenvalue weighted by atomic mass is 16.2. The van der Waals surface area contributed by atoms with Crippen LogP contribution in [0.2, 0.25) is 0 Å². The first-order chi connectivity index (χ1) is 9.57. The minimum absolute atomic E-state index is 0.0245. The quantitative estimate of drug-likeness (QED) is 0.763. The molecule has 1 atom stereocenters. The van der Waals surface area contributed by atoms with Crippen molar-refractivity contribution in [2.45, 2.75) is 64.5 Å². The van der Waals surface area contributed by atoms with E-state index in [4.69, 9.17) is 5.73 Å². The van der Waals surface area contributed by atoms with Crippen LogP contribution in [0.5, 0.6) is 0 Å². The Hall–Kier alpha value is -1.10. The fraction of sp³-hybridized carbons (Fsp3) is 0.867. The van der Waals surface area contributed by atoms with Crippen molar-refractivity contribution in [3.63, 3.8) is 0 Å². The Morgan fingerprint density at radius 2 is 1.90 bits per heavy atom. The summed E-state index contributed by atoms with van der Waals surface area (Å²) in [5, 5.41) is 3.02. The smallest absolute Gasteiger partial charge is 0.243 e. The maximum Gasteiger partial charge on any atom is 0.243 e. The van der Waals surface area contributed by atoms with Crippen LogP contribution in [-0.4, -0.2) is 41.9 Å². The van der Waals surface area contributed by atoms with Crippen molar-refractivity contribution in [3.05, 3.63) is 0 Å². The minimum Gasteiger partial charge on any atom is -0.352 e. The van der Waals surface area contributed by atoms with Crippen LogP contribution < -0.4 is 11.1 Å². The van der Waals surface area contributed by atoms with E-state index < -0.39 is 5.41 Å². The second-order valence-electron chi connectivity index (χ2n) is 6.13. The maximum absolute atomic E-state index is 12.8. The molecular weight excluding hydrogens is 254 g/mol. The lowest BCUT2D eigenvalue weighted by Gasteiger charge is -2.35. The topological polar surface area (TPSA) is 75.4 Å². The van der Waals surface area contributed by atoms with Crippen LogP contribution >= 0.6 is 0 Å². The van der Waals surface area contributed by atoms with Gasteiger partial charge in [-0.2, -0.15) is 0 Å². The molecule has 2 fully saturated rings. The van der Waals surface area contributed by atoms with Gasteiger partial charge in [-0.25, -0.2) is 0 Å². The first-order valence-corrected chi connectivity index (χ1v) is 7.89. The maximum atomic E-state index is 12.8. The van der Waals surface area contributed by atoms with E-state index >= 15 is 0 Å². The molecule has 2 amide bonds. The van der Waals surface area contributed by atoms with E-state index in [0.717, 1.165) is 38.5 Å². The average Bonchev–Trinajstić information content (AvgIpc) is 3.13. The summed E-state index contributed by atoms with van der Waals surface area (Å²) in [6.45, 7) is 5.04. The summed E-state index contributed by atoms with van der Waals surface area (Å²) in [6, 6.07) is 0.0591. The number of likely N-dealkylation sites (tertiary alicyclic amines) is 1. The van der Waals surface area contributed by atoms with Crippen molar-refractivity contribution >= 4 is 11.8 Å². The van der Waals surface area contributed by atoms with Gasteiger partial charge in [0.05, 0.1) is 5.41 Å². The van der Waals surface area contributed by atoms with Gasteiger partial charge in [0, 0.05) is 19.1 Å². The van der Waals surface area contributed by atoms with Crippen molar-refractivity contribution in [1.82, 2.24) is 10.2 Å².